The maximum absolute atomic E-state index is 10.4. The highest BCUT2D eigenvalue weighted by molar-refractivity contribution is 7.84. The van der Waals surface area contributed by atoms with Gasteiger partial charge in [-0.1, -0.05) is 4.48 Å². The van der Waals surface area contributed by atoms with Crippen LogP contribution in [0, 0.1) is 0 Å². The van der Waals surface area contributed by atoms with Gasteiger partial charge in [-0.05, 0) is 8.91 Å². The van der Waals surface area contributed by atoms with Gasteiger partial charge in [-0.2, -0.15) is 8.42 Å². The number of hydrogen-bond acceptors (Lipinski definition) is 3. The molecule has 0 aliphatic rings. The van der Waals surface area contributed by atoms with Gasteiger partial charge in [0.25, 0.3) is 0 Å². The SMILES string of the molecule is O=S(=O)([N]F)OF. The summed E-state index contributed by atoms with van der Waals surface area (Å²) in [5.41, 5.74) is 0. The third-order valence-electron chi connectivity index (χ3n) is 0.164. The predicted molar refractivity (Wildman–Crippen MR) is 14.4 cm³/mol. The van der Waals surface area contributed by atoms with Crippen LogP contribution in [0.3, 0.4) is 0 Å². The standard InChI is InChI=1S/F2NO3S/c1-3-7(4,5)6-2. The number of rotatable bonds is 2. The molecule has 7 heavy (non-hydrogen) atoms. The van der Waals surface area contributed by atoms with Crippen molar-refractivity contribution in [3.63, 3.8) is 0 Å². The van der Waals surface area contributed by atoms with E-state index in [0.29, 0.717) is 0 Å². The van der Waals surface area contributed by atoms with Crippen molar-refractivity contribution in [1.82, 2.24) is 4.94 Å². The molecular formula is F2NO3S. The molecule has 4 nitrogen and oxygen atoms in total. The summed E-state index contributed by atoms with van der Waals surface area (Å²) in [4.78, 5) is 1.01. The van der Waals surface area contributed by atoms with Crippen LogP contribution in [0.15, 0.2) is 0 Å². The van der Waals surface area contributed by atoms with Gasteiger partial charge in [-0.25, -0.2) is 0 Å². The zero-order chi connectivity index (χ0) is 5.91. The lowest BCUT2D eigenvalue weighted by Crippen LogP contribution is -2.06. The van der Waals surface area contributed by atoms with Crippen LogP contribution in [-0.4, -0.2) is 8.42 Å². The van der Waals surface area contributed by atoms with Crippen LogP contribution < -0.4 is 4.94 Å². The number of nitrogens with zero attached hydrogens (tertiary/aromatic N) is 1. The van der Waals surface area contributed by atoms with Crippen molar-refractivity contribution in [2.45, 2.75) is 0 Å². The third kappa shape index (κ3) is 2.43. The van der Waals surface area contributed by atoms with Crippen LogP contribution in [0.5, 0.6) is 0 Å². The first-order valence-electron chi connectivity index (χ1n) is 1.01. The van der Waals surface area contributed by atoms with E-state index in [-0.39, 0.29) is 0 Å². The Hall–Kier alpha value is -0.270. The molecule has 0 aromatic carbocycles. The monoisotopic (exact) mass is 132 g/mol. The van der Waals surface area contributed by atoms with E-state index in [0.717, 1.165) is 4.94 Å². The van der Waals surface area contributed by atoms with Crippen LogP contribution in [0.4, 0.5) is 9.01 Å². The molecule has 0 saturated carbocycles. The van der Waals surface area contributed by atoms with Crippen molar-refractivity contribution < 1.29 is 21.8 Å². The van der Waals surface area contributed by atoms with Gasteiger partial charge in [0.1, 0.15) is 4.94 Å². The molecule has 0 fully saturated rings. The third-order valence-corrected chi connectivity index (χ3v) is 0.492. The Morgan fingerprint density at radius 1 is 1.57 bits per heavy atom. The van der Waals surface area contributed by atoms with E-state index in [9.17, 15) is 17.4 Å². The summed E-state index contributed by atoms with van der Waals surface area (Å²) >= 11 is 0. The Bertz CT molecular complexity index is 116. The molecule has 0 N–H and O–H groups in total. The second-order valence-electron chi connectivity index (χ2n) is 0.560. The van der Waals surface area contributed by atoms with Gasteiger partial charge in [0.05, 0.1) is 0 Å². The first-order valence-corrected chi connectivity index (χ1v) is 2.37. The van der Waals surface area contributed by atoms with E-state index in [4.69, 9.17) is 0 Å². The van der Waals surface area contributed by atoms with E-state index in [1.165, 1.54) is 0 Å². The fourth-order valence-electron chi connectivity index (χ4n) is 0.0106. The molecule has 0 aromatic rings. The van der Waals surface area contributed by atoms with E-state index >= 15 is 0 Å². The van der Waals surface area contributed by atoms with E-state index in [1.54, 1.807) is 0 Å². The molecule has 0 aliphatic carbocycles. The minimum atomic E-state index is -4.87. The molecule has 0 rings (SSSR count). The topological polar surface area (TPSA) is 57.5 Å². The van der Waals surface area contributed by atoms with Gasteiger partial charge in [0.2, 0.25) is 0 Å². The Balaban J connectivity index is 3.89. The molecule has 0 saturated heterocycles. The van der Waals surface area contributed by atoms with Gasteiger partial charge >= 0.3 is 10.3 Å². The van der Waals surface area contributed by atoms with Gasteiger partial charge in [0, 0.05) is 0 Å². The Kier molecular flexibility index (Phi) is 2.06. The van der Waals surface area contributed by atoms with Crippen molar-refractivity contribution in [2.24, 2.45) is 0 Å². The summed E-state index contributed by atoms with van der Waals surface area (Å²) in [6, 6.07) is 0. The normalized spacial score (nSPS) is 11.7. The molecule has 0 bridgehead atoms. The highest BCUT2D eigenvalue weighted by Gasteiger charge is 2.10. The molecule has 0 spiro atoms. The molecule has 0 unspecified atom stereocenters. The number of halogens is 2. The summed E-state index contributed by atoms with van der Waals surface area (Å²) in [5.74, 6) is 0. The van der Waals surface area contributed by atoms with Gasteiger partial charge < -0.3 is 0 Å². The Labute approximate surface area is 38.2 Å². The average Bonchev–Trinajstić information content (AvgIpc) is 1.68. The molecule has 0 amide bonds. The molecule has 0 atom stereocenters. The zero-order valence-corrected chi connectivity index (χ0v) is 3.65. The maximum atomic E-state index is 10.4. The lowest BCUT2D eigenvalue weighted by molar-refractivity contribution is -0.00352. The molecule has 0 aromatic heterocycles. The van der Waals surface area contributed by atoms with Crippen molar-refractivity contribution in [1.29, 1.82) is 0 Å². The second-order valence-corrected chi connectivity index (χ2v) is 1.68. The summed E-state index contributed by atoms with van der Waals surface area (Å²) in [6.07, 6.45) is 0. The Morgan fingerprint density at radius 3 is 2.00 bits per heavy atom. The predicted octanol–water partition coefficient (Wildman–Crippen LogP) is -0.379. The molecule has 0 aliphatic heterocycles. The minimum absolute atomic E-state index is 1.01. The first kappa shape index (κ1) is 6.73. The van der Waals surface area contributed by atoms with Gasteiger partial charge in [0.15, 0.2) is 0 Å². The summed E-state index contributed by atoms with van der Waals surface area (Å²) in [6.45, 7) is 0. The minimum Gasteiger partial charge on any atom is -0.175 e. The van der Waals surface area contributed by atoms with Crippen molar-refractivity contribution in [3.05, 3.63) is 0 Å². The average molecular weight is 132 g/mol. The van der Waals surface area contributed by atoms with Crippen LogP contribution in [0.25, 0.3) is 0 Å². The molecule has 1 radical (unpaired) electrons. The first-order chi connectivity index (χ1) is 3.12. The fraction of sp³-hybridized carbons (Fsp3) is 0. The van der Waals surface area contributed by atoms with Crippen LogP contribution in [-0.2, 0) is 14.7 Å². The molecule has 0 heterocycles. The summed E-state index contributed by atoms with van der Waals surface area (Å²) in [7, 11) is -4.87. The van der Waals surface area contributed by atoms with Crippen molar-refractivity contribution >= 4 is 10.3 Å². The summed E-state index contributed by atoms with van der Waals surface area (Å²) < 4.78 is 41.3. The molecule has 7 heteroatoms. The second kappa shape index (κ2) is 2.15. The number of hydrogen-bond donors (Lipinski definition) is 0. The lowest BCUT2D eigenvalue weighted by atomic mass is 13.8. The van der Waals surface area contributed by atoms with Crippen molar-refractivity contribution in [2.75, 3.05) is 0 Å². The zero-order valence-electron chi connectivity index (χ0n) is 2.84. The lowest BCUT2D eigenvalue weighted by Gasteiger charge is -1.80. The molecular weight excluding hydrogens is 132 g/mol. The molecule has 43 valence electrons. The van der Waals surface area contributed by atoms with E-state index < -0.39 is 10.3 Å². The highest BCUT2D eigenvalue weighted by atomic mass is 32.2. The van der Waals surface area contributed by atoms with Gasteiger partial charge in [-0.15, -0.1) is 0 Å². The highest BCUT2D eigenvalue weighted by Crippen LogP contribution is 1.87. The largest absolute Gasteiger partial charge is 0.412 e. The van der Waals surface area contributed by atoms with Crippen LogP contribution in [0.1, 0.15) is 0 Å². The Morgan fingerprint density at radius 2 is 2.00 bits per heavy atom. The van der Waals surface area contributed by atoms with E-state index in [1.807, 2.05) is 4.39 Å². The fourth-order valence-corrected chi connectivity index (χ4v) is 0.0319. The van der Waals surface area contributed by atoms with Crippen LogP contribution >= 0.6 is 0 Å². The van der Waals surface area contributed by atoms with Crippen molar-refractivity contribution in [3.8, 4) is 0 Å². The van der Waals surface area contributed by atoms with Crippen LogP contribution in [0.2, 0.25) is 0 Å². The quantitative estimate of drug-likeness (QED) is 0.514. The maximum Gasteiger partial charge on any atom is 0.412 e. The van der Waals surface area contributed by atoms with E-state index in [2.05, 4.69) is 0 Å². The smallest absolute Gasteiger partial charge is 0.175 e. The van der Waals surface area contributed by atoms with Gasteiger partial charge in [-0.3, -0.25) is 0 Å². The summed E-state index contributed by atoms with van der Waals surface area (Å²) in [5, 5.41) is 0.